The van der Waals surface area contributed by atoms with Crippen molar-refractivity contribution in [3.8, 4) is 0 Å². The van der Waals surface area contributed by atoms with Gasteiger partial charge in [-0.1, -0.05) is 0 Å². The summed E-state index contributed by atoms with van der Waals surface area (Å²) in [4.78, 5) is 1.11. The number of aliphatic hydroxyl groups excluding tert-OH is 1. The average molecular weight is 212 g/mol. The van der Waals surface area contributed by atoms with Gasteiger partial charge in [-0.05, 0) is 36.8 Å². The molecule has 1 aromatic rings. The zero-order valence-electron chi connectivity index (χ0n) is 8.40. The van der Waals surface area contributed by atoms with Crippen LogP contribution in [0.25, 0.3) is 0 Å². The Morgan fingerprint density at radius 3 is 3.07 bits per heavy atom. The molecule has 14 heavy (non-hydrogen) atoms. The van der Waals surface area contributed by atoms with Crippen LogP contribution in [0.3, 0.4) is 0 Å². The quantitative estimate of drug-likeness (QED) is 0.816. The Hall–Kier alpha value is -0.380. The van der Waals surface area contributed by atoms with Gasteiger partial charge in [0.15, 0.2) is 0 Å². The van der Waals surface area contributed by atoms with Gasteiger partial charge in [0.05, 0.1) is 12.7 Å². The summed E-state index contributed by atoms with van der Waals surface area (Å²) in [5.41, 5.74) is 1.20. The average Bonchev–Trinajstić information content (AvgIpc) is 2.65. The fourth-order valence-electron chi connectivity index (χ4n) is 1.92. The predicted octanol–water partition coefficient (Wildman–Crippen LogP) is 2.52. The lowest BCUT2D eigenvalue weighted by Gasteiger charge is -2.26. The maximum Gasteiger partial charge on any atom is 0.0934 e. The molecule has 1 aromatic heterocycles. The number of thiophene rings is 1. The molecule has 2 atom stereocenters. The van der Waals surface area contributed by atoms with Gasteiger partial charge in [-0.3, -0.25) is 0 Å². The number of hydrogen-bond acceptors (Lipinski definition) is 3. The summed E-state index contributed by atoms with van der Waals surface area (Å²) < 4.78 is 5.39. The first kappa shape index (κ1) is 10.1. The first-order chi connectivity index (χ1) is 6.79. The summed E-state index contributed by atoms with van der Waals surface area (Å²) in [7, 11) is 0. The maximum absolute atomic E-state index is 10.1. The van der Waals surface area contributed by atoms with Gasteiger partial charge in [-0.2, -0.15) is 0 Å². The molecule has 1 aliphatic heterocycles. The molecule has 1 N–H and O–H groups in total. The van der Waals surface area contributed by atoms with E-state index in [-0.39, 0.29) is 6.10 Å². The summed E-state index contributed by atoms with van der Waals surface area (Å²) >= 11 is 1.65. The van der Waals surface area contributed by atoms with Gasteiger partial charge in [0.25, 0.3) is 0 Å². The number of rotatable bonds is 2. The van der Waals surface area contributed by atoms with E-state index in [0.29, 0.717) is 12.5 Å². The van der Waals surface area contributed by atoms with Crippen LogP contribution in [0, 0.1) is 12.8 Å². The van der Waals surface area contributed by atoms with E-state index in [9.17, 15) is 5.11 Å². The van der Waals surface area contributed by atoms with Crippen LogP contribution < -0.4 is 0 Å². The molecule has 2 rings (SSSR count). The largest absolute Gasteiger partial charge is 0.387 e. The summed E-state index contributed by atoms with van der Waals surface area (Å²) in [6.45, 7) is 3.61. The molecule has 78 valence electrons. The number of aliphatic hydroxyl groups is 1. The Kier molecular flexibility index (Phi) is 3.21. The van der Waals surface area contributed by atoms with Gasteiger partial charge in [0.2, 0.25) is 0 Å². The minimum Gasteiger partial charge on any atom is -0.387 e. The Morgan fingerprint density at radius 1 is 1.64 bits per heavy atom. The zero-order valence-corrected chi connectivity index (χ0v) is 9.22. The molecule has 2 nitrogen and oxygen atoms in total. The van der Waals surface area contributed by atoms with Crippen LogP contribution in [0.5, 0.6) is 0 Å². The van der Waals surface area contributed by atoms with Crippen molar-refractivity contribution < 1.29 is 9.84 Å². The lowest BCUT2D eigenvalue weighted by Crippen LogP contribution is -2.23. The molecule has 0 spiro atoms. The molecule has 0 saturated carbocycles. The fraction of sp³-hybridized carbons (Fsp3) is 0.636. The smallest absolute Gasteiger partial charge is 0.0934 e. The van der Waals surface area contributed by atoms with Crippen LogP contribution in [0.1, 0.15) is 29.4 Å². The predicted molar refractivity (Wildman–Crippen MR) is 57.6 cm³/mol. The third kappa shape index (κ3) is 2.00. The minimum atomic E-state index is -0.324. The second-order valence-corrected chi connectivity index (χ2v) is 4.84. The van der Waals surface area contributed by atoms with E-state index in [1.54, 1.807) is 11.3 Å². The van der Waals surface area contributed by atoms with Crippen molar-refractivity contribution in [2.45, 2.75) is 25.9 Å². The highest BCUT2D eigenvalue weighted by Gasteiger charge is 2.25. The molecule has 1 saturated heterocycles. The number of aryl methyl sites for hydroxylation is 1. The van der Waals surface area contributed by atoms with Crippen molar-refractivity contribution in [1.29, 1.82) is 0 Å². The molecule has 0 amide bonds. The maximum atomic E-state index is 10.1. The molecular formula is C11H16O2S. The number of hydrogen-bond donors (Lipinski definition) is 1. The molecule has 2 unspecified atom stereocenters. The van der Waals surface area contributed by atoms with Gasteiger partial charge >= 0.3 is 0 Å². The SMILES string of the molecule is Cc1ccsc1C(O)C1CCCOC1. The van der Waals surface area contributed by atoms with Crippen molar-refractivity contribution in [2.75, 3.05) is 13.2 Å². The van der Waals surface area contributed by atoms with Gasteiger partial charge in [0, 0.05) is 17.4 Å². The van der Waals surface area contributed by atoms with Gasteiger partial charge in [-0.25, -0.2) is 0 Å². The first-order valence-corrected chi connectivity index (χ1v) is 5.97. The fourth-order valence-corrected chi connectivity index (χ4v) is 2.92. The molecular weight excluding hydrogens is 196 g/mol. The van der Waals surface area contributed by atoms with Gasteiger partial charge < -0.3 is 9.84 Å². The summed E-state index contributed by atoms with van der Waals surface area (Å²) in [5.74, 6) is 0.293. The van der Waals surface area contributed by atoms with Crippen LogP contribution in [0.4, 0.5) is 0 Å². The monoisotopic (exact) mass is 212 g/mol. The van der Waals surface area contributed by atoms with Gasteiger partial charge in [0.1, 0.15) is 0 Å². The van der Waals surface area contributed by atoms with E-state index in [4.69, 9.17) is 4.74 Å². The Morgan fingerprint density at radius 2 is 2.50 bits per heavy atom. The van der Waals surface area contributed by atoms with Crippen LogP contribution in [0.2, 0.25) is 0 Å². The van der Waals surface area contributed by atoms with E-state index in [0.717, 1.165) is 24.3 Å². The zero-order chi connectivity index (χ0) is 9.97. The van der Waals surface area contributed by atoms with E-state index in [1.807, 2.05) is 5.38 Å². The van der Waals surface area contributed by atoms with E-state index in [2.05, 4.69) is 13.0 Å². The highest BCUT2D eigenvalue weighted by Crippen LogP contribution is 2.33. The van der Waals surface area contributed by atoms with Crippen LogP contribution in [-0.4, -0.2) is 18.3 Å². The van der Waals surface area contributed by atoms with Crippen molar-refractivity contribution in [2.24, 2.45) is 5.92 Å². The lowest BCUT2D eigenvalue weighted by atomic mass is 9.94. The third-order valence-corrected chi connectivity index (χ3v) is 3.90. The second-order valence-electron chi connectivity index (χ2n) is 3.89. The summed E-state index contributed by atoms with van der Waals surface area (Å²) in [6, 6.07) is 2.06. The lowest BCUT2D eigenvalue weighted by molar-refractivity contribution is -0.00881. The van der Waals surface area contributed by atoms with Crippen molar-refractivity contribution >= 4 is 11.3 Å². The third-order valence-electron chi connectivity index (χ3n) is 2.81. The molecule has 1 fully saturated rings. The Bertz CT molecular complexity index is 289. The minimum absolute atomic E-state index is 0.293. The van der Waals surface area contributed by atoms with Crippen molar-refractivity contribution in [1.82, 2.24) is 0 Å². The topological polar surface area (TPSA) is 29.5 Å². The Balaban J connectivity index is 2.07. The van der Waals surface area contributed by atoms with Crippen LogP contribution in [-0.2, 0) is 4.74 Å². The number of ether oxygens (including phenoxy) is 1. The highest BCUT2D eigenvalue weighted by atomic mass is 32.1. The molecule has 3 heteroatoms. The molecule has 0 aliphatic carbocycles. The van der Waals surface area contributed by atoms with Gasteiger partial charge in [-0.15, -0.1) is 11.3 Å². The molecule has 0 radical (unpaired) electrons. The van der Waals surface area contributed by atoms with Crippen LogP contribution >= 0.6 is 11.3 Å². The summed E-state index contributed by atoms with van der Waals surface area (Å²) in [5, 5.41) is 12.2. The first-order valence-electron chi connectivity index (χ1n) is 5.09. The van der Waals surface area contributed by atoms with E-state index in [1.165, 1.54) is 5.56 Å². The Labute approximate surface area is 88.5 Å². The molecule has 0 aromatic carbocycles. The molecule has 1 aliphatic rings. The highest BCUT2D eigenvalue weighted by molar-refractivity contribution is 7.10. The van der Waals surface area contributed by atoms with Crippen molar-refractivity contribution in [3.05, 3.63) is 21.9 Å². The normalized spacial score (nSPS) is 24.9. The standard InChI is InChI=1S/C11H16O2S/c1-8-4-6-14-11(8)10(12)9-3-2-5-13-7-9/h4,6,9-10,12H,2-3,5,7H2,1H3. The van der Waals surface area contributed by atoms with E-state index < -0.39 is 0 Å². The molecule has 0 bridgehead atoms. The van der Waals surface area contributed by atoms with Crippen molar-refractivity contribution in [3.63, 3.8) is 0 Å². The van der Waals surface area contributed by atoms with E-state index >= 15 is 0 Å². The summed E-state index contributed by atoms with van der Waals surface area (Å²) in [6.07, 6.45) is 1.83. The second kappa shape index (κ2) is 4.43. The molecule has 2 heterocycles. The van der Waals surface area contributed by atoms with Crippen LogP contribution in [0.15, 0.2) is 11.4 Å².